The Morgan fingerprint density at radius 1 is 1.33 bits per heavy atom. The number of amides is 1. The highest BCUT2D eigenvalue weighted by Gasteiger charge is 2.24. The molecule has 0 aliphatic carbocycles. The molecule has 1 amide bonds. The normalized spacial score (nSPS) is 14.5. The van der Waals surface area contributed by atoms with Gasteiger partial charge in [-0.1, -0.05) is 26.0 Å². The van der Waals surface area contributed by atoms with E-state index in [0.29, 0.717) is 35.5 Å². The number of rotatable bonds is 5. The summed E-state index contributed by atoms with van der Waals surface area (Å²) in [6, 6.07) is 7.55. The summed E-state index contributed by atoms with van der Waals surface area (Å²) in [6.45, 7) is 4.94. The molecule has 0 atom stereocenters. The highest BCUT2D eigenvalue weighted by atomic mass is 32.1. The van der Waals surface area contributed by atoms with Crippen LogP contribution in [0.1, 0.15) is 43.9 Å². The van der Waals surface area contributed by atoms with Crippen molar-refractivity contribution in [2.24, 2.45) is 0 Å². The van der Waals surface area contributed by atoms with Gasteiger partial charge in [0.05, 0.1) is 12.1 Å². The monoisotopic (exact) mass is 344 g/mol. The quantitative estimate of drug-likeness (QED) is 0.615. The Kier molecular flexibility index (Phi) is 4.94. The molecular weight excluding hydrogens is 324 g/mol. The van der Waals surface area contributed by atoms with Gasteiger partial charge in [0.2, 0.25) is 5.91 Å². The first kappa shape index (κ1) is 16.6. The van der Waals surface area contributed by atoms with E-state index < -0.39 is 0 Å². The summed E-state index contributed by atoms with van der Waals surface area (Å²) in [5, 5.41) is 2.48. The summed E-state index contributed by atoms with van der Waals surface area (Å²) < 4.78 is 5.35. The minimum absolute atomic E-state index is 0.101. The lowest BCUT2D eigenvalue weighted by Crippen LogP contribution is -2.23. The SMILES string of the molecule is CC(C)c1ccc(OC(=O)Cc2csc(N3CCCC3=O)n2)cc1. The smallest absolute Gasteiger partial charge is 0.317 e. The molecule has 1 aromatic heterocycles. The zero-order valence-electron chi connectivity index (χ0n) is 13.8. The molecule has 3 rings (SSSR count). The number of thiazole rings is 1. The average Bonchev–Trinajstić information content (AvgIpc) is 3.16. The molecule has 1 fully saturated rings. The molecule has 5 nitrogen and oxygen atoms in total. The van der Waals surface area contributed by atoms with Crippen LogP contribution in [0.2, 0.25) is 0 Å². The number of benzene rings is 1. The number of carbonyl (C=O) groups is 2. The Labute approximate surface area is 145 Å². The van der Waals surface area contributed by atoms with Gasteiger partial charge in [-0.05, 0) is 30.0 Å². The molecule has 1 aromatic carbocycles. The number of hydrogen-bond acceptors (Lipinski definition) is 5. The summed E-state index contributed by atoms with van der Waals surface area (Å²) in [5.74, 6) is 0.728. The summed E-state index contributed by atoms with van der Waals surface area (Å²) in [7, 11) is 0. The first-order valence-electron chi connectivity index (χ1n) is 8.08. The van der Waals surface area contributed by atoms with Crippen molar-refractivity contribution in [3.8, 4) is 5.75 Å². The topological polar surface area (TPSA) is 59.5 Å². The fraction of sp³-hybridized carbons (Fsp3) is 0.389. The minimum atomic E-state index is -0.350. The lowest BCUT2D eigenvalue weighted by Gasteiger charge is -2.10. The summed E-state index contributed by atoms with van der Waals surface area (Å²) in [6.07, 6.45) is 1.54. The number of aromatic nitrogens is 1. The molecule has 0 unspecified atom stereocenters. The van der Waals surface area contributed by atoms with Gasteiger partial charge in [0.25, 0.3) is 0 Å². The third-order valence-corrected chi connectivity index (χ3v) is 4.86. The van der Waals surface area contributed by atoms with Crippen molar-refractivity contribution in [2.75, 3.05) is 11.4 Å². The predicted molar refractivity (Wildman–Crippen MR) is 93.6 cm³/mol. The third-order valence-electron chi connectivity index (χ3n) is 3.95. The van der Waals surface area contributed by atoms with Crippen molar-refractivity contribution in [1.82, 2.24) is 4.98 Å². The Morgan fingerprint density at radius 3 is 2.71 bits per heavy atom. The summed E-state index contributed by atoms with van der Waals surface area (Å²) in [5.41, 5.74) is 1.84. The fourth-order valence-corrected chi connectivity index (χ4v) is 3.46. The number of hydrogen-bond donors (Lipinski definition) is 0. The van der Waals surface area contributed by atoms with E-state index in [2.05, 4.69) is 18.8 Å². The lowest BCUT2D eigenvalue weighted by atomic mass is 10.0. The van der Waals surface area contributed by atoms with Gasteiger partial charge in [0, 0.05) is 18.3 Å². The van der Waals surface area contributed by atoms with Gasteiger partial charge in [-0.2, -0.15) is 0 Å². The molecule has 1 aliphatic rings. The first-order valence-corrected chi connectivity index (χ1v) is 8.96. The van der Waals surface area contributed by atoms with E-state index in [1.807, 2.05) is 29.6 Å². The van der Waals surface area contributed by atoms with Crippen LogP contribution < -0.4 is 9.64 Å². The molecular formula is C18H20N2O3S. The average molecular weight is 344 g/mol. The Morgan fingerprint density at radius 2 is 2.08 bits per heavy atom. The van der Waals surface area contributed by atoms with E-state index >= 15 is 0 Å². The maximum absolute atomic E-state index is 12.1. The van der Waals surface area contributed by atoms with Crippen LogP contribution in [0.4, 0.5) is 5.13 Å². The van der Waals surface area contributed by atoms with Crippen LogP contribution in [0.15, 0.2) is 29.6 Å². The molecule has 126 valence electrons. The molecule has 2 aromatic rings. The Bertz CT molecular complexity index is 737. The molecule has 0 radical (unpaired) electrons. The van der Waals surface area contributed by atoms with Crippen LogP contribution in [0, 0.1) is 0 Å². The van der Waals surface area contributed by atoms with Crippen molar-refractivity contribution in [3.05, 3.63) is 40.9 Å². The molecule has 0 spiro atoms. The van der Waals surface area contributed by atoms with E-state index in [0.717, 1.165) is 6.42 Å². The van der Waals surface area contributed by atoms with E-state index in [-0.39, 0.29) is 18.3 Å². The zero-order chi connectivity index (χ0) is 17.1. The number of carbonyl (C=O) groups excluding carboxylic acids is 2. The maximum atomic E-state index is 12.1. The van der Waals surface area contributed by atoms with Crippen LogP contribution in [-0.2, 0) is 16.0 Å². The highest BCUT2D eigenvalue weighted by molar-refractivity contribution is 7.14. The van der Waals surface area contributed by atoms with Crippen LogP contribution in [0.5, 0.6) is 5.75 Å². The highest BCUT2D eigenvalue weighted by Crippen LogP contribution is 2.25. The summed E-state index contributed by atoms with van der Waals surface area (Å²) >= 11 is 1.39. The largest absolute Gasteiger partial charge is 0.426 e. The van der Waals surface area contributed by atoms with E-state index in [4.69, 9.17) is 4.74 Å². The number of anilines is 1. The zero-order valence-corrected chi connectivity index (χ0v) is 14.6. The number of esters is 1. The van der Waals surface area contributed by atoms with Gasteiger partial charge in [0.15, 0.2) is 5.13 Å². The molecule has 0 N–H and O–H groups in total. The lowest BCUT2D eigenvalue weighted by molar-refractivity contribution is -0.133. The molecule has 24 heavy (non-hydrogen) atoms. The molecule has 0 bridgehead atoms. The van der Waals surface area contributed by atoms with E-state index in [9.17, 15) is 9.59 Å². The second-order valence-corrected chi connectivity index (χ2v) is 6.98. The number of ether oxygens (including phenoxy) is 1. The van der Waals surface area contributed by atoms with Crippen LogP contribution >= 0.6 is 11.3 Å². The van der Waals surface area contributed by atoms with Crippen molar-refractivity contribution < 1.29 is 14.3 Å². The molecule has 0 saturated carbocycles. The Balaban J connectivity index is 1.59. The van der Waals surface area contributed by atoms with E-state index in [1.54, 1.807) is 4.90 Å². The third kappa shape index (κ3) is 3.82. The molecule has 1 aliphatic heterocycles. The van der Waals surface area contributed by atoms with Crippen molar-refractivity contribution in [2.45, 2.75) is 39.0 Å². The van der Waals surface area contributed by atoms with Gasteiger partial charge in [-0.3, -0.25) is 14.5 Å². The molecule has 6 heteroatoms. The molecule has 2 heterocycles. The van der Waals surface area contributed by atoms with Gasteiger partial charge < -0.3 is 4.74 Å². The second-order valence-electron chi connectivity index (χ2n) is 6.14. The first-order chi connectivity index (χ1) is 11.5. The molecule has 1 saturated heterocycles. The van der Waals surface area contributed by atoms with Crippen molar-refractivity contribution in [1.29, 1.82) is 0 Å². The number of nitrogens with zero attached hydrogens (tertiary/aromatic N) is 2. The predicted octanol–water partition coefficient (Wildman–Crippen LogP) is 3.54. The van der Waals surface area contributed by atoms with Crippen molar-refractivity contribution >= 4 is 28.3 Å². The van der Waals surface area contributed by atoms with Gasteiger partial charge in [-0.15, -0.1) is 11.3 Å². The standard InChI is InChI=1S/C18H20N2O3S/c1-12(2)13-5-7-15(8-6-13)23-17(22)10-14-11-24-18(19-14)20-9-3-4-16(20)21/h5-8,11-12H,3-4,9-10H2,1-2H3. The van der Waals surface area contributed by atoms with Crippen LogP contribution in [0.25, 0.3) is 0 Å². The van der Waals surface area contributed by atoms with Gasteiger partial charge >= 0.3 is 5.97 Å². The Hall–Kier alpha value is -2.21. The second kappa shape index (κ2) is 7.13. The summed E-state index contributed by atoms with van der Waals surface area (Å²) in [4.78, 5) is 29.9. The van der Waals surface area contributed by atoms with Gasteiger partial charge in [-0.25, -0.2) is 4.98 Å². The maximum Gasteiger partial charge on any atom is 0.317 e. The minimum Gasteiger partial charge on any atom is -0.426 e. The fourth-order valence-electron chi connectivity index (χ4n) is 2.59. The van der Waals surface area contributed by atoms with Gasteiger partial charge in [0.1, 0.15) is 5.75 Å². The van der Waals surface area contributed by atoms with Crippen molar-refractivity contribution in [3.63, 3.8) is 0 Å². The van der Waals surface area contributed by atoms with Crippen LogP contribution in [-0.4, -0.2) is 23.4 Å². The van der Waals surface area contributed by atoms with Crippen LogP contribution in [0.3, 0.4) is 0 Å². The van der Waals surface area contributed by atoms with E-state index in [1.165, 1.54) is 16.9 Å².